The number of hydrogen-bond donors (Lipinski definition) is 4. The number of nitrogens with one attached hydrogen (secondary N) is 1. The standard InChI is InChI=1S/C20H36N2O5/c1-4-5-13-20(2,3)16(23)12-14-22-15(18(26)21-19(22)27)10-8-6-7-9-11-17(24)25/h16,23,26H,4-14H2,1-3H3,(H,21,27)(H,24,25). The van der Waals surface area contributed by atoms with Crippen molar-refractivity contribution in [3.63, 3.8) is 0 Å². The third-order valence-electron chi connectivity index (χ3n) is 5.33. The molecule has 0 aliphatic rings. The minimum Gasteiger partial charge on any atom is -0.493 e. The maximum atomic E-state index is 12.1. The van der Waals surface area contributed by atoms with Crippen LogP contribution >= 0.6 is 0 Å². The summed E-state index contributed by atoms with van der Waals surface area (Å²) in [5.74, 6) is -0.891. The van der Waals surface area contributed by atoms with E-state index in [9.17, 15) is 19.8 Å². The van der Waals surface area contributed by atoms with E-state index in [4.69, 9.17) is 5.11 Å². The maximum absolute atomic E-state index is 12.1. The molecule has 0 aliphatic heterocycles. The van der Waals surface area contributed by atoms with E-state index in [0.29, 0.717) is 31.5 Å². The third-order valence-corrected chi connectivity index (χ3v) is 5.33. The highest BCUT2D eigenvalue weighted by molar-refractivity contribution is 5.66. The van der Waals surface area contributed by atoms with Gasteiger partial charge in [-0.25, -0.2) is 4.79 Å². The summed E-state index contributed by atoms with van der Waals surface area (Å²) in [5, 5.41) is 29.2. The van der Waals surface area contributed by atoms with Gasteiger partial charge in [0.25, 0.3) is 0 Å². The Labute approximate surface area is 161 Å². The number of aromatic amines is 1. The van der Waals surface area contributed by atoms with Crippen LogP contribution in [0.4, 0.5) is 0 Å². The second-order valence-electron chi connectivity index (χ2n) is 8.08. The lowest BCUT2D eigenvalue weighted by atomic mass is 9.80. The Kier molecular flexibility index (Phi) is 9.63. The van der Waals surface area contributed by atoms with Gasteiger partial charge in [0.05, 0.1) is 11.8 Å². The van der Waals surface area contributed by atoms with E-state index in [1.54, 1.807) is 0 Å². The summed E-state index contributed by atoms with van der Waals surface area (Å²) >= 11 is 0. The van der Waals surface area contributed by atoms with Gasteiger partial charge in [-0.15, -0.1) is 0 Å². The van der Waals surface area contributed by atoms with Gasteiger partial charge in [0.15, 0.2) is 0 Å². The second-order valence-corrected chi connectivity index (χ2v) is 8.08. The van der Waals surface area contributed by atoms with Crippen LogP contribution in [0.1, 0.15) is 84.3 Å². The molecule has 0 aliphatic carbocycles. The summed E-state index contributed by atoms with van der Waals surface area (Å²) in [4.78, 5) is 25.1. The first-order chi connectivity index (χ1) is 12.7. The number of imidazole rings is 1. The van der Waals surface area contributed by atoms with Crippen molar-refractivity contribution in [3.05, 3.63) is 16.2 Å². The lowest BCUT2D eigenvalue weighted by Gasteiger charge is -2.30. The smallest absolute Gasteiger partial charge is 0.328 e. The molecule has 1 rings (SSSR count). The molecule has 1 unspecified atom stereocenters. The highest BCUT2D eigenvalue weighted by Crippen LogP contribution is 2.30. The minimum atomic E-state index is -0.785. The molecule has 27 heavy (non-hydrogen) atoms. The van der Waals surface area contributed by atoms with Gasteiger partial charge in [0.1, 0.15) is 0 Å². The largest absolute Gasteiger partial charge is 0.493 e. The van der Waals surface area contributed by atoms with Crippen LogP contribution in [0.2, 0.25) is 0 Å². The van der Waals surface area contributed by atoms with Crippen LogP contribution in [0.5, 0.6) is 5.88 Å². The maximum Gasteiger partial charge on any atom is 0.328 e. The van der Waals surface area contributed by atoms with Crippen LogP contribution in [0.25, 0.3) is 0 Å². The fourth-order valence-electron chi connectivity index (χ4n) is 3.34. The Morgan fingerprint density at radius 2 is 1.85 bits per heavy atom. The van der Waals surface area contributed by atoms with Gasteiger partial charge < -0.3 is 15.3 Å². The molecule has 0 radical (unpaired) electrons. The molecule has 156 valence electrons. The summed E-state index contributed by atoms with van der Waals surface area (Å²) in [5.41, 5.74) is 0.00572. The van der Waals surface area contributed by atoms with Gasteiger partial charge >= 0.3 is 11.7 Å². The highest BCUT2D eigenvalue weighted by atomic mass is 16.4. The van der Waals surface area contributed by atoms with E-state index in [0.717, 1.165) is 38.5 Å². The monoisotopic (exact) mass is 384 g/mol. The van der Waals surface area contributed by atoms with Crippen molar-refractivity contribution in [2.24, 2.45) is 5.41 Å². The number of carboxylic acids is 1. The fraction of sp³-hybridized carbons (Fsp3) is 0.800. The van der Waals surface area contributed by atoms with E-state index < -0.39 is 12.1 Å². The molecule has 1 atom stereocenters. The summed E-state index contributed by atoms with van der Waals surface area (Å²) in [6.45, 7) is 6.57. The SMILES string of the molecule is CCCCC(C)(C)C(O)CCn1c(CCCCCCC(=O)O)c(O)[nH]c1=O. The van der Waals surface area contributed by atoms with Crippen molar-refractivity contribution in [3.8, 4) is 5.88 Å². The molecule has 0 aromatic carbocycles. The quantitative estimate of drug-likeness (QED) is 0.367. The van der Waals surface area contributed by atoms with Gasteiger partial charge in [0, 0.05) is 13.0 Å². The van der Waals surface area contributed by atoms with Crippen molar-refractivity contribution in [2.45, 2.75) is 97.6 Å². The van der Waals surface area contributed by atoms with E-state index >= 15 is 0 Å². The molecule has 0 saturated heterocycles. The topological polar surface area (TPSA) is 116 Å². The molecule has 7 nitrogen and oxygen atoms in total. The van der Waals surface area contributed by atoms with Crippen LogP contribution in [-0.4, -0.2) is 36.9 Å². The number of aromatic hydroxyl groups is 1. The average molecular weight is 385 g/mol. The van der Waals surface area contributed by atoms with E-state index in [1.165, 1.54) is 4.57 Å². The van der Waals surface area contributed by atoms with Gasteiger partial charge in [-0.2, -0.15) is 0 Å². The molecule has 0 spiro atoms. The highest BCUT2D eigenvalue weighted by Gasteiger charge is 2.27. The molecule has 7 heteroatoms. The van der Waals surface area contributed by atoms with Crippen LogP contribution in [0.3, 0.4) is 0 Å². The molecule has 1 heterocycles. The van der Waals surface area contributed by atoms with Crippen LogP contribution < -0.4 is 5.69 Å². The van der Waals surface area contributed by atoms with Gasteiger partial charge in [0.2, 0.25) is 5.88 Å². The summed E-state index contributed by atoms with van der Waals surface area (Å²) in [7, 11) is 0. The van der Waals surface area contributed by atoms with E-state index in [1.807, 2.05) is 13.8 Å². The number of nitrogens with zero attached hydrogens (tertiary/aromatic N) is 1. The number of unbranched alkanes of at least 4 members (excludes halogenated alkanes) is 4. The van der Waals surface area contributed by atoms with Crippen molar-refractivity contribution in [2.75, 3.05) is 0 Å². The van der Waals surface area contributed by atoms with Crippen LogP contribution in [-0.2, 0) is 17.8 Å². The van der Waals surface area contributed by atoms with Crippen LogP contribution in [0.15, 0.2) is 4.79 Å². The van der Waals surface area contributed by atoms with E-state index in [2.05, 4.69) is 11.9 Å². The van der Waals surface area contributed by atoms with Gasteiger partial charge in [-0.05, 0) is 37.5 Å². The Morgan fingerprint density at radius 1 is 1.19 bits per heavy atom. The number of aromatic nitrogens is 2. The lowest BCUT2D eigenvalue weighted by molar-refractivity contribution is -0.137. The zero-order chi connectivity index (χ0) is 20.4. The molecule has 4 N–H and O–H groups in total. The minimum absolute atomic E-state index is 0.106. The molecular formula is C20H36N2O5. The summed E-state index contributed by atoms with van der Waals surface area (Å²) < 4.78 is 1.52. The Hall–Kier alpha value is -1.76. The van der Waals surface area contributed by atoms with Gasteiger partial charge in [-0.3, -0.25) is 14.3 Å². The number of carbonyl (C=O) groups is 1. The second kappa shape index (κ2) is 11.2. The lowest BCUT2D eigenvalue weighted by Crippen LogP contribution is -2.32. The third kappa shape index (κ3) is 7.79. The molecule has 0 amide bonds. The van der Waals surface area contributed by atoms with Crippen LogP contribution in [0, 0.1) is 5.41 Å². The first-order valence-corrected chi connectivity index (χ1v) is 10.1. The van der Waals surface area contributed by atoms with Crippen molar-refractivity contribution in [1.82, 2.24) is 9.55 Å². The zero-order valence-corrected chi connectivity index (χ0v) is 17.0. The normalized spacial score (nSPS) is 13.0. The number of rotatable bonds is 14. The Morgan fingerprint density at radius 3 is 2.48 bits per heavy atom. The average Bonchev–Trinajstić information content (AvgIpc) is 2.86. The van der Waals surface area contributed by atoms with Crippen molar-refractivity contribution >= 4 is 5.97 Å². The Bertz CT molecular complexity index is 633. The molecular weight excluding hydrogens is 348 g/mol. The zero-order valence-electron chi connectivity index (χ0n) is 17.0. The number of hydrogen-bond acceptors (Lipinski definition) is 4. The predicted octanol–water partition coefficient (Wildman–Crippen LogP) is 3.43. The predicted molar refractivity (Wildman–Crippen MR) is 105 cm³/mol. The molecule has 0 fully saturated rings. The molecule has 1 aromatic rings. The summed E-state index contributed by atoms with van der Waals surface area (Å²) in [6, 6.07) is 0. The number of H-pyrrole nitrogens is 1. The number of aliphatic hydroxyl groups excluding tert-OH is 1. The van der Waals surface area contributed by atoms with Crippen molar-refractivity contribution < 1.29 is 20.1 Å². The van der Waals surface area contributed by atoms with Crippen molar-refractivity contribution in [1.29, 1.82) is 0 Å². The molecule has 0 bridgehead atoms. The first kappa shape index (κ1) is 23.3. The number of carboxylic acid groups (broad SMARTS) is 1. The Balaban J connectivity index is 2.58. The molecule has 0 saturated carbocycles. The summed E-state index contributed by atoms with van der Waals surface area (Å²) in [6.07, 6.45) is 6.80. The molecule has 1 aromatic heterocycles. The van der Waals surface area contributed by atoms with E-state index in [-0.39, 0.29) is 23.4 Å². The van der Waals surface area contributed by atoms with Gasteiger partial charge in [-0.1, -0.05) is 46.5 Å². The first-order valence-electron chi connectivity index (χ1n) is 10.1. The number of aliphatic carboxylic acids is 1. The number of aliphatic hydroxyl groups is 1. The fourth-order valence-corrected chi connectivity index (χ4v) is 3.34.